The predicted molar refractivity (Wildman–Crippen MR) is 117 cm³/mol. The second kappa shape index (κ2) is 7.93. The molecular formula is C22H22F3N3O3S. The van der Waals surface area contributed by atoms with Crippen molar-refractivity contribution >= 4 is 28.9 Å². The van der Waals surface area contributed by atoms with Crippen molar-refractivity contribution in [1.29, 1.82) is 0 Å². The number of likely N-dealkylation sites (N-methyl/N-ethyl adjacent to an activating group) is 1. The number of nitrogens with one attached hydrogen (secondary N) is 1. The van der Waals surface area contributed by atoms with Crippen LogP contribution in [0.15, 0.2) is 42.5 Å². The van der Waals surface area contributed by atoms with Gasteiger partial charge < -0.3 is 19.7 Å². The van der Waals surface area contributed by atoms with E-state index in [2.05, 4.69) is 5.32 Å². The molecule has 170 valence electrons. The zero-order valence-electron chi connectivity index (χ0n) is 17.7. The molecule has 2 atom stereocenters. The summed E-state index contributed by atoms with van der Waals surface area (Å²) in [6, 6.07) is 9.87. The fourth-order valence-electron chi connectivity index (χ4n) is 4.46. The largest absolute Gasteiger partial charge is 0.497 e. The van der Waals surface area contributed by atoms with Crippen LogP contribution in [0.5, 0.6) is 11.5 Å². The average molecular weight is 465 g/mol. The molecule has 2 aliphatic heterocycles. The first-order valence-corrected chi connectivity index (χ1v) is 10.3. The van der Waals surface area contributed by atoms with Gasteiger partial charge in [-0.15, -0.1) is 0 Å². The molecule has 1 N–H and O–H groups in total. The van der Waals surface area contributed by atoms with Gasteiger partial charge in [-0.2, -0.15) is 13.2 Å². The van der Waals surface area contributed by atoms with Crippen LogP contribution in [-0.4, -0.2) is 55.8 Å². The third-order valence-electron chi connectivity index (χ3n) is 5.96. The minimum atomic E-state index is -4.46. The fraction of sp³-hybridized carbons (Fsp3) is 0.364. The van der Waals surface area contributed by atoms with Gasteiger partial charge in [-0.05, 0) is 61.2 Å². The zero-order valence-corrected chi connectivity index (χ0v) is 18.5. The number of carbonyl (C=O) groups is 1. The minimum Gasteiger partial charge on any atom is -0.497 e. The lowest BCUT2D eigenvalue weighted by Crippen LogP contribution is -2.52. The molecule has 2 aromatic rings. The van der Waals surface area contributed by atoms with E-state index in [1.165, 1.54) is 17.0 Å². The van der Waals surface area contributed by atoms with E-state index in [9.17, 15) is 18.0 Å². The van der Waals surface area contributed by atoms with E-state index in [0.717, 1.165) is 17.7 Å². The number of likely N-dealkylation sites (tertiary alicyclic amines) is 1. The Morgan fingerprint density at radius 3 is 2.22 bits per heavy atom. The highest BCUT2D eigenvalue weighted by atomic mass is 32.1. The standard InChI is InChI=1S/C22H22F3N3O3S/c1-27-11-18(13-8-16(30-2)10-17(9-13)31-3)21(12-27)19(29)28(20(32)26-21)15-6-4-14(5-7-15)22(23,24)25/h4-10,18H,11-12H2,1-3H3,(H,26,32)/t18-,21-/m0/s1. The fourth-order valence-corrected chi connectivity index (χ4v) is 4.83. The first-order chi connectivity index (χ1) is 15.1. The van der Waals surface area contributed by atoms with Crippen molar-refractivity contribution in [3.8, 4) is 11.5 Å². The topological polar surface area (TPSA) is 54.0 Å². The van der Waals surface area contributed by atoms with Gasteiger partial charge in [0.25, 0.3) is 5.91 Å². The zero-order chi connectivity index (χ0) is 23.3. The van der Waals surface area contributed by atoms with Crippen LogP contribution in [0.1, 0.15) is 17.0 Å². The molecule has 0 aromatic heterocycles. The first-order valence-electron chi connectivity index (χ1n) is 9.84. The highest BCUT2D eigenvalue weighted by Crippen LogP contribution is 2.43. The second-order valence-electron chi connectivity index (χ2n) is 7.98. The van der Waals surface area contributed by atoms with Crippen molar-refractivity contribution in [3.63, 3.8) is 0 Å². The number of hydrogen-bond acceptors (Lipinski definition) is 5. The Morgan fingerprint density at radius 2 is 1.69 bits per heavy atom. The first kappa shape index (κ1) is 22.3. The maximum Gasteiger partial charge on any atom is 0.416 e. The van der Waals surface area contributed by atoms with Crippen LogP contribution in [0.3, 0.4) is 0 Å². The van der Waals surface area contributed by atoms with Crippen LogP contribution in [0, 0.1) is 0 Å². The Labute approximate surface area is 188 Å². The van der Waals surface area contributed by atoms with Gasteiger partial charge in [0.1, 0.15) is 17.0 Å². The normalized spacial score (nSPS) is 23.7. The molecule has 2 saturated heterocycles. The maximum atomic E-state index is 13.7. The summed E-state index contributed by atoms with van der Waals surface area (Å²) in [6.45, 7) is 0.950. The summed E-state index contributed by atoms with van der Waals surface area (Å²) in [6.07, 6.45) is -4.46. The molecule has 0 bridgehead atoms. The molecule has 2 aromatic carbocycles. The summed E-state index contributed by atoms with van der Waals surface area (Å²) < 4.78 is 49.6. The summed E-state index contributed by atoms with van der Waals surface area (Å²) in [4.78, 5) is 17.0. The lowest BCUT2D eigenvalue weighted by molar-refractivity contribution is -0.137. The minimum absolute atomic E-state index is 0.157. The highest BCUT2D eigenvalue weighted by Gasteiger charge is 2.59. The van der Waals surface area contributed by atoms with Crippen LogP contribution in [0.4, 0.5) is 18.9 Å². The molecule has 2 fully saturated rings. The number of rotatable bonds is 4. The van der Waals surface area contributed by atoms with E-state index in [0.29, 0.717) is 24.6 Å². The summed E-state index contributed by atoms with van der Waals surface area (Å²) >= 11 is 5.46. The van der Waals surface area contributed by atoms with E-state index >= 15 is 0 Å². The lowest BCUT2D eigenvalue weighted by atomic mass is 9.81. The lowest BCUT2D eigenvalue weighted by Gasteiger charge is -2.29. The SMILES string of the molecule is COc1cc(OC)cc([C@@H]2CN(C)C[C@]23NC(=S)N(c2ccc(C(F)(F)F)cc2)C3=O)c1. The Morgan fingerprint density at radius 1 is 1.09 bits per heavy atom. The number of halogens is 3. The van der Waals surface area contributed by atoms with Gasteiger partial charge in [-0.25, -0.2) is 0 Å². The average Bonchev–Trinajstić information content (AvgIpc) is 3.22. The van der Waals surface area contributed by atoms with Crippen molar-refractivity contribution in [2.45, 2.75) is 17.6 Å². The van der Waals surface area contributed by atoms with Crippen LogP contribution < -0.4 is 19.7 Å². The molecule has 6 nitrogen and oxygen atoms in total. The molecule has 4 rings (SSSR count). The Bertz CT molecular complexity index is 1040. The smallest absolute Gasteiger partial charge is 0.416 e. The van der Waals surface area contributed by atoms with Crippen LogP contribution in [0.25, 0.3) is 0 Å². The molecule has 0 unspecified atom stereocenters. The van der Waals surface area contributed by atoms with Gasteiger partial charge in [0, 0.05) is 25.1 Å². The predicted octanol–water partition coefficient (Wildman–Crippen LogP) is 3.41. The van der Waals surface area contributed by atoms with Crippen LogP contribution in [-0.2, 0) is 11.0 Å². The molecule has 0 radical (unpaired) electrons. The van der Waals surface area contributed by atoms with Crippen molar-refractivity contribution in [3.05, 3.63) is 53.6 Å². The Hall–Kier alpha value is -2.85. The molecular weight excluding hydrogens is 443 g/mol. The number of benzene rings is 2. The van der Waals surface area contributed by atoms with Crippen molar-refractivity contribution in [2.75, 3.05) is 39.3 Å². The van der Waals surface area contributed by atoms with Gasteiger partial charge in [0.05, 0.1) is 25.5 Å². The molecule has 1 spiro atoms. The molecule has 10 heteroatoms. The van der Waals surface area contributed by atoms with Gasteiger partial charge in [0.2, 0.25) is 0 Å². The second-order valence-corrected chi connectivity index (χ2v) is 8.37. The summed E-state index contributed by atoms with van der Waals surface area (Å²) in [5, 5.41) is 3.35. The van der Waals surface area contributed by atoms with Crippen molar-refractivity contribution in [1.82, 2.24) is 10.2 Å². The summed E-state index contributed by atoms with van der Waals surface area (Å²) in [5.74, 6) is 0.591. The number of ether oxygens (including phenoxy) is 2. The van der Waals surface area contributed by atoms with Gasteiger partial charge >= 0.3 is 6.18 Å². The molecule has 2 aliphatic rings. The number of methoxy groups -OCH3 is 2. The molecule has 0 aliphatic carbocycles. The number of amides is 1. The van der Waals surface area contributed by atoms with Crippen molar-refractivity contribution in [2.24, 2.45) is 0 Å². The van der Waals surface area contributed by atoms with E-state index in [1.54, 1.807) is 20.3 Å². The van der Waals surface area contributed by atoms with Gasteiger partial charge in [0.15, 0.2) is 5.11 Å². The number of carbonyl (C=O) groups excluding carboxylic acids is 1. The number of anilines is 1. The van der Waals surface area contributed by atoms with E-state index in [4.69, 9.17) is 21.7 Å². The monoisotopic (exact) mass is 465 g/mol. The molecule has 32 heavy (non-hydrogen) atoms. The number of nitrogens with zero attached hydrogens (tertiary/aromatic N) is 2. The number of hydrogen-bond donors (Lipinski definition) is 1. The quantitative estimate of drug-likeness (QED) is 0.699. The van der Waals surface area contributed by atoms with Crippen molar-refractivity contribution < 1.29 is 27.4 Å². The summed E-state index contributed by atoms with van der Waals surface area (Å²) in [7, 11) is 5.00. The molecule has 2 heterocycles. The number of alkyl halides is 3. The maximum absolute atomic E-state index is 13.7. The summed E-state index contributed by atoms with van der Waals surface area (Å²) in [5.41, 5.74) is -0.730. The third kappa shape index (κ3) is 3.67. The van der Waals surface area contributed by atoms with E-state index in [-0.39, 0.29) is 22.6 Å². The van der Waals surface area contributed by atoms with E-state index in [1.807, 2.05) is 24.1 Å². The Balaban J connectivity index is 1.73. The Kier molecular flexibility index (Phi) is 5.54. The van der Waals surface area contributed by atoms with Gasteiger partial charge in [-0.1, -0.05) is 0 Å². The van der Waals surface area contributed by atoms with Crippen LogP contribution in [0.2, 0.25) is 0 Å². The van der Waals surface area contributed by atoms with E-state index < -0.39 is 17.3 Å². The molecule has 0 saturated carbocycles. The van der Waals surface area contributed by atoms with Crippen LogP contribution >= 0.6 is 12.2 Å². The van der Waals surface area contributed by atoms with Gasteiger partial charge in [-0.3, -0.25) is 9.69 Å². The highest BCUT2D eigenvalue weighted by molar-refractivity contribution is 7.80. The number of thiocarbonyl (C=S) groups is 1. The third-order valence-corrected chi connectivity index (χ3v) is 6.24. The molecule has 1 amide bonds.